The van der Waals surface area contributed by atoms with Crippen LogP contribution in [0.3, 0.4) is 0 Å². The summed E-state index contributed by atoms with van der Waals surface area (Å²) >= 11 is 5.89. The van der Waals surface area contributed by atoms with Gasteiger partial charge in [-0.25, -0.2) is 0 Å². The van der Waals surface area contributed by atoms with Crippen LogP contribution in [0.1, 0.15) is 45.7 Å². The molecule has 1 aliphatic rings. The van der Waals surface area contributed by atoms with Gasteiger partial charge in [-0.05, 0) is 31.5 Å². The molecule has 0 spiro atoms. The SMILES string of the molecule is CCOC1CC(N)(C(=O)NC(C)c2ccc(Cl)cc2)C1(C)C.Cl. The van der Waals surface area contributed by atoms with Crippen molar-refractivity contribution in [2.45, 2.75) is 51.8 Å². The second-order valence-corrected chi connectivity index (χ2v) is 7.02. The van der Waals surface area contributed by atoms with E-state index in [1.807, 2.05) is 52.0 Å². The molecule has 1 aromatic carbocycles. The molecule has 0 aliphatic heterocycles. The van der Waals surface area contributed by atoms with E-state index in [1.165, 1.54) is 0 Å². The van der Waals surface area contributed by atoms with Crippen molar-refractivity contribution in [2.75, 3.05) is 6.61 Å². The second-order valence-electron chi connectivity index (χ2n) is 6.59. The summed E-state index contributed by atoms with van der Waals surface area (Å²) in [6, 6.07) is 7.33. The van der Waals surface area contributed by atoms with Gasteiger partial charge >= 0.3 is 0 Å². The molecule has 130 valence electrons. The van der Waals surface area contributed by atoms with E-state index in [2.05, 4.69) is 5.32 Å². The molecule has 3 N–H and O–H groups in total. The standard InChI is InChI=1S/C17H25ClN2O2.ClH/c1-5-22-14-10-17(19,16(14,3)4)15(21)20-11(2)12-6-8-13(18)9-7-12;/h6-9,11,14H,5,10,19H2,1-4H3,(H,20,21);1H. The topological polar surface area (TPSA) is 64.3 Å². The third-order valence-corrected chi connectivity index (χ3v) is 5.20. The van der Waals surface area contributed by atoms with Crippen molar-refractivity contribution >= 4 is 29.9 Å². The first-order valence-corrected chi connectivity index (χ1v) is 8.07. The van der Waals surface area contributed by atoms with Crippen molar-refractivity contribution in [1.29, 1.82) is 0 Å². The zero-order chi connectivity index (χ0) is 16.5. The van der Waals surface area contributed by atoms with Gasteiger partial charge < -0.3 is 15.8 Å². The van der Waals surface area contributed by atoms with Gasteiger partial charge in [-0.1, -0.05) is 37.6 Å². The number of hydrogen-bond acceptors (Lipinski definition) is 3. The monoisotopic (exact) mass is 360 g/mol. The molecule has 4 nitrogen and oxygen atoms in total. The smallest absolute Gasteiger partial charge is 0.241 e. The van der Waals surface area contributed by atoms with E-state index in [0.717, 1.165) is 5.56 Å². The first-order chi connectivity index (χ1) is 10.2. The van der Waals surface area contributed by atoms with E-state index < -0.39 is 5.54 Å². The fourth-order valence-electron chi connectivity index (χ4n) is 2.98. The van der Waals surface area contributed by atoms with Crippen LogP contribution in [0.2, 0.25) is 5.02 Å². The Morgan fingerprint density at radius 3 is 2.48 bits per heavy atom. The predicted octanol–water partition coefficient (Wildman–Crippen LogP) is 3.47. The Labute approximate surface area is 149 Å². The third-order valence-electron chi connectivity index (χ3n) is 4.95. The molecular formula is C17H26Cl2N2O2. The van der Waals surface area contributed by atoms with Crippen LogP contribution in [-0.4, -0.2) is 24.2 Å². The van der Waals surface area contributed by atoms with Gasteiger partial charge in [0.05, 0.1) is 12.1 Å². The summed E-state index contributed by atoms with van der Waals surface area (Å²) in [5, 5.41) is 3.69. The number of rotatable bonds is 5. The molecule has 1 aromatic rings. The molecule has 3 unspecified atom stereocenters. The summed E-state index contributed by atoms with van der Waals surface area (Å²) in [6.07, 6.45) is 0.576. The first-order valence-electron chi connectivity index (χ1n) is 7.69. The minimum atomic E-state index is -0.895. The van der Waals surface area contributed by atoms with Crippen LogP contribution < -0.4 is 11.1 Å². The average molecular weight is 361 g/mol. The maximum absolute atomic E-state index is 12.6. The lowest BCUT2D eigenvalue weighted by Gasteiger charge is -2.57. The summed E-state index contributed by atoms with van der Waals surface area (Å²) in [5.74, 6) is -0.129. The Bertz CT molecular complexity index is 548. The maximum Gasteiger partial charge on any atom is 0.241 e. The lowest BCUT2D eigenvalue weighted by Crippen LogP contribution is -2.75. The van der Waals surface area contributed by atoms with Crippen molar-refractivity contribution in [2.24, 2.45) is 11.1 Å². The Balaban J connectivity index is 0.00000264. The summed E-state index contributed by atoms with van der Waals surface area (Å²) in [5.41, 5.74) is 6.10. The van der Waals surface area contributed by atoms with Crippen molar-refractivity contribution in [3.63, 3.8) is 0 Å². The zero-order valence-electron chi connectivity index (χ0n) is 14.1. The molecule has 0 heterocycles. The molecule has 0 aromatic heterocycles. The summed E-state index contributed by atoms with van der Waals surface area (Å²) in [7, 11) is 0. The highest BCUT2D eigenvalue weighted by Gasteiger charge is 2.62. The fraction of sp³-hybridized carbons (Fsp3) is 0.588. The van der Waals surface area contributed by atoms with Crippen LogP contribution >= 0.6 is 24.0 Å². The van der Waals surface area contributed by atoms with Gasteiger partial charge in [-0.3, -0.25) is 4.79 Å². The fourth-order valence-corrected chi connectivity index (χ4v) is 3.11. The van der Waals surface area contributed by atoms with E-state index in [1.54, 1.807) is 0 Å². The second kappa shape index (κ2) is 7.39. The van der Waals surface area contributed by atoms with E-state index in [9.17, 15) is 4.79 Å². The van der Waals surface area contributed by atoms with E-state index >= 15 is 0 Å². The summed E-state index contributed by atoms with van der Waals surface area (Å²) in [4.78, 5) is 12.6. The van der Waals surface area contributed by atoms with Crippen LogP contribution in [-0.2, 0) is 9.53 Å². The Hall–Kier alpha value is -0.810. The Kier molecular flexibility index (Phi) is 6.50. The summed E-state index contributed by atoms with van der Waals surface area (Å²) in [6.45, 7) is 8.51. The van der Waals surface area contributed by atoms with E-state index in [0.29, 0.717) is 18.1 Å². The first kappa shape index (κ1) is 20.2. The van der Waals surface area contributed by atoms with E-state index in [4.69, 9.17) is 22.1 Å². The number of carbonyl (C=O) groups excluding carboxylic acids is 1. The highest BCUT2D eigenvalue weighted by atomic mass is 35.5. The molecule has 23 heavy (non-hydrogen) atoms. The average Bonchev–Trinajstić information content (AvgIpc) is 2.47. The van der Waals surface area contributed by atoms with Gasteiger partial charge in [0.2, 0.25) is 5.91 Å². The Morgan fingerprint density at radius 2 is 2.00 bits per heavy atom. The molecule has 0 saturated heterocycles. The number of halogens is 2. The van der Waals surface area contributed by atoms with Crippen LogP contribution in [0.15, 0.2) is 24.3 Å². The lowest BCUT2D eigenvalue weighted by molar-refractivity contribution is -0.171. The van der Waals surface area contributed by atoms with Crippen molar-refractivity contribution in [3.05, 3.63) is 34.9 Å². The number of benzene rings is 1. The minimum absolute atomic E-state index is 0. The minimum Gasteiger partial charge on any atom is -0.378 e. The number of nitrogens with two attached hydrogens (primary N) is 1. The molecule has 1 aliphatic carbocycles. The summed E-state index contributed by atoms with van der Waals surface area (Å²) < 4.78 is 5.67. The van der Waals surface area contributed by atoms with E-state index in [-0.39, 0.29) is 35.9 Å². The molecule has 0 radical (unpaired) electrons. The number of amides is 1. The quantitative estimate of drug-likeness (QED) is 0.844. The Morgan fingerprint density at radius 1 is 1.43 bits per heavy atom. The van der Waals surface area contributed by atoms with Gasteiger partial charge in [-0.15, -0.1) is 12.4 Å². The van der Waals surface area contributed by atoms with Crippen LogP contribution in [0.5, 0.6) is 0 Å². The van der Waals surface area contributed by atoms with Crippen molar-refractivity contribution < 1.29 is 9.53 Å². The van der Waals surface area contributed by atoms with Crippen LogP contribution in [0.4, 0.5) is 0 Å². The van der Waals surface area contributed by atoms with Crippen LogP contribution in [0, 0.1) is 5.41 Å². The highest BCUT2D eigenvalue weighted by molar-refractivity contribution is 6.30. The van der Waals surface area contributed by atoms with Gasteiger partial charge in [0.25, 0.3) is 0 Å². The third kappa shape index (κ3) is 3.66. The van der Waals surface area contributed by atoms with Crippen LogP contribution in [0.25, 0.3) is 0 Å². The number of ether oxygens (including phenoxy) is 1. The molecule has 1 fully saturated rings. The van der Waals surface area contributed by atoms with Gasteiger partial charge in [0.1, 0.15) is 5.54 Å². The molecule has 2 rings (SSSR count). The van der Waals surface area contributed by atoms with Gasteiger partial charge in [0.15, 0.2) is 0 Å². The normalized spacial score (nSPS) is 26.6. The number of hydrogen-bond donors (Lipinski definition) is 2. The molecule has 1 amide bonds. The highest BCUT2D eigenvalue weighted by Crippen LogP contribution is 2.50. The molecule has 0 bridgehead atoms. The van der Waals surface area contributed by atoms with Gasteiger partial charge in [0, 0.05) is 23.5 Å². The van der Waals surface area contributed by atoms with Crippen molar-refractivity contribution in [3.8, 4) is 0 Å². The largest absolute Gasteiger partial charge is 0.378 e. The number of nitrogens with one attached hydrogen (secondary N) is 1. The van der Waals surface area contributed by atoms with Crippen molar-refractivity contribution in [1.82, 2.24) is 5.32 Å². The van der Waals surface area contributed by atoms with Gasteiger partial charge in [-0.2, -0.15) is 0 Å². The predicted molar refractivity (Wildman–Crippen MR) is 96.0 cm³/mol. The lowest BCUT2D eigenvalue weighted by atomic mass is 9.54. The maximum atomic E-state index is 12.6. The molecule has 3 atom stereocenters. The molecular weight excluding hydrogens is 335 g/mol. The number of carbonyl (C=O) groups is 1. The molecule has 1 saturated carbocycles. The molecule has 6 heteroatoms. The zero-order valence-corrected chi connectivity index (χ0v) is 15.6.